The van der Waals surface area contributed by atoms with Crippen LogP contribution in [0.1, 0.15) is 11.7 Å². The van der Waals surface area contributed by atoms with Gasteiger partial charge in [0, 0.05) is 17.1 Å². The minimum atomic E-state index is -4.28. The summed E-state index contributed by atoms with van der Waals surface area (Å²) in [6.07, 6.45) is -5.32. The molecular weight excluding hydrogens is 243 g/mol. The largest absolute Gasteiger partial charge is 0.401 e. The second-order valence-corrected chi connectivity index (χ2v) is 3.69. The van der Waals surface area contributed by atoms with E-state index in [2.05, 4.69) is 5.32 Å². The van der Waals surface area contributed by atoms with Gasteiger partial charge in [-0.1, -0.05) is 29.8 Å². The average molecular weight is 254 g/mol. The molecule has 0 saturated heterocycles. The zero-order valence-electron chi connectivity index (χ0n) is 8.26. The van der Waals surface area contributed by atoms with Gasteiger partial charge in [0.15, 0.2) is 0 Å². The molecule has 0 aliphatic carbocycles. The Bertz CT molecular complexity index is 343. The highest BCUT2D eigenvalue weighted by atomic mass is 35.5. The van der Waals surface area contributed by atoms with E-state index in [0.717, 1.165) is 0 Å². The Morgan fingerprint density at radius 1 is 1.31 bits per heavy atom. The van der Waals surface area contributed by atoms with Crippen LogP contribution in [0.4, 0.5) is 13.2 Å². The number of aliphatic hydroxyl groups is 1. The van der Waals surface area contributed by atoms with E-state index < -0.39 is 18.8 Å². The first kappa shape index (κ1) is 13.3. The van der Waals surface area contributed by atoms with Crippen molar-refractivity contribution in [2.24, 2.45) is 0 Å². The van der Waals surface area contributed by atoms with Crippen molar-refractivity contribution in [2.45, 2.75) is 12.3 Å². The van der Waals surface area contributed by atoms with Crippen molar-refractivity contribution < 1.29 is 18.3 Å². The van der Waals surface area contributed by atoms with Crippen LogP contribution in [0.3, 0.4) is 0 Å². The Balaban J connectivity index is 2.47. The molecule has 1 aromatic rings. The molecule has 0 saturated carbocycles. The van der Waals surface area contributed by atoms with Crippen LogP contribution in [-0.2, 0) is 0 Å². The monoisotopic (exact) mass is 253 g/mol. The molecule has 0 aliphatic rings. The molecule has 0 spiro atoms. The first-order valence-corrected chi connectivity index (χ1v) is 4.98. The van der Waals surface area contributed by atoms with E-state index in [4.69, 9.17) is 11.6 Å². The van der Waals surface area contributed by atoms with Gasteiger partial charge in [-0.05, 0) is 6.07 Å². The molecule has 6 heteroatoms. The maximum Gasteiger partial charge on any atom is 0.401 e. The van der Waals surface area contributed by atoms with Gasteiger partial charge in [-0.2, -0.15) is 13.2 Å². The number of benzene rings is 1. The molecule has 0 bridgehead atoms. The fourth-order valence-corrected chi connectivity index (χ4v) is 1.47. The van der Waals surface area contributed by atoms with Crippen molar-refractivity contribution in [2.75, 3.05) is 13.1 Å². The predicted molar refractivity (Wildman–Crippen MR) is 55.3 cm³/mol. The lowest BCUT2D eigenvalue weighted by atomic mass is 10.1. The topological polar surface area (TPSA) is 32.3 Å². The molecule has 0 radical (unpaired) electrons. The summed E-state index contributed by atoms with van der Waals surface area (Å²) >= 11 is 5.78. The van der Waals surface area contributed by atoms with Gasteiger partial charge in [0.2, 0.25) is 0 Å². The van der Waals surface area contributed by atoms with Gasteiger partial charge in [-0.15, -0.1) is 0 Å². The lowest BCUT2D eigenvalue weighted by molar-refractivity contribution is -0.125. The second-order valence-electron chi connectivity index (χ2n) is 3.28. The summed E-state index contributed by atoms with van der Waals surface area (Å²) in [5.41, 5.74) is 0.416. The first-order chi connectivity index (χ1) is 7.40. The number of hydrogen-bond acceptors (Lipinski definition) is 2. The molecule has 2 N–H and O–H groups in total. The number of rotatable bonds is 4. The zero-order valence-corrected chi connectivity index (χ0v) is 9.02. The standard InChI is InChI=1S/C10H11ClF3NO/c11-8-4-2-1-3-7(8)9(16)5-15-6-10(12,13)14/h1-4,9,15-16H,5-6H2. The van der Waals surface area contributed by atoms with Crippen molar-refractivity contribution in [1.29, 1.82) is 0 Å². The van der Waals surface area contributed by atoms with Crippen LogP contribution in [0.15, 0.2) is 24.3 Å². The third-order valence-corrected chi connectivity index (χ3v) is 2.27. The Kier molecular flexibility index (Phi) is 4.58. The Labute approximate surface area is 96.0 Å². The summed E-state index contributed by atoms with van der Waals surface area (Å²) in [5, 5.41) is 12.0. The number of aliphatic hydroxyl groups excluding tert-OH is 1. The molecule has 0 fully saturated rings. The van der Waals surface area contributed by atoms with Crippen LogP contribution >= 0.6 is 11.6 Å². The van der Waals surface area contributed by atoms with E-state index in [-0.39, 0.29) is 6.54 Å². The Hall–Kier alpha value is -0.780. The maximum atomic E-state index is 11.8. The van der Waals surface area contributed by atoms with Crippen molar-refractivity contribution in [3.8, 4) is 0 Å². The van der Waals surface area contributed by atoms with Crippen LogP contribution < -0.4 is 5.32 Å². The van der Waals surface area contributed by atoms with Crippen molar-refractivity contribution in [3.63, 3.8) is 0 Å². The minimum absolute atomic E-state index is 0.191. The molecule has 16 heavy (non-hydrogen) atoms. The molecule has 1 aromatic carbocycles. The Morgan fingerprint density at radius 3 is 2.50 bits per heavy atom. The predicted octanol–water partition coefficient (Wildman–Crippen LogP) is 2.53. The van der Waals surface area contributed by atoms with E-state index >= 15 is 0 Å². The molecule has 1 unspecified atom stereocenters. The highest BCUT2D eigenvalue weighted by Gasteiger charge is 2.26. The van der Waals surface area contributed by atoms with Gasteiger partial charge >= 0.3 is 6.18 Å². The lowest BCUT2D eigenvalue weighted by Crippen LogP contribution is -2.32. The van der Waals surface area contributed by atoms with Crippen LogP contribution in [0.25, 0.3) is 0 Å². The quantitative estimate of drug-likeness (QED) is 0.864. The van der Waals surface area contributed by atoms with Crippen molar-refractivity contribution >= 4 is 11.6 Å². The molecule has 90 valence electrons. The summed E-state index contributed by atoms with van der Waals surface area (Å²) in [4.78, 5) is 0. The SMILES string of the molecule is OC(CNCC(F)(F)F)c1ccccc1Cl. The fourth-order valence-electron chi connectivity index (χ4n) is 1.21. The number of halogens is 4. The minimum Gasteiger partial charge on any atom is -0.387 e. The van der Waals surface area contributed by atoms with Crippen molar-refractivity contribution in [1.82, 2.24) is 5.32 Å². The van der Waals surface area contributed by atoms with Gasteiger partial charge in [0.1, 0.15) is 0 Å². The van der Waals surface area contributed by atoms with Gasteiger partial charge in [-0.25, -0.2) is 0 Å². The molecule has 0 heterocycles. The Morgan fingerprint density at radius 2 is 1.94 bits per heavy atom. The summed E-state index contributed by atoms with van der Waals surface area (Å²) < 4.78 is 35.5. The van der Waals surface area contributed by atoms with Gasteiger partial charge in [-0.3, -0.25) is 0 Å². The van der Waals surface area contributed by atoms with Crippen LogP contribution in [0.2, 0.25) is 5.02 Å². The molecule has 0 amide bonds. The van der Waals surface area contributed by atoms with Gasteiger partial charge < -0.3 is 10.4 Å². The average Bonchev–Trinajstić information content (AvgIpc) is 2.16. The molecular formula is C10H11ClF3NO. The molecule has 0 aromatic heterocycles. The van der Waals surface area contributed by atoms with E-state index in [0.29, 0.717) is 10.6 Å². The van der Waals surface area contributed by atoms with E-state index in [1.165, 1.54) is 0 Å². The smallest absolute Gasteiger partial charge is 0.387 e. The molecule has 0 aliphatic heterocycles. The van der Waals surface area contributed by atoms with Crippen LogP contribution in [0, 0.1) is 0 Å². The van der Waals surface area contributed by atoms with Gasteiger partial charge in [0.25, 0.3) is 0 Å². The highest BCUT2D eigenvalue weighted by Crippen LogP contribution is 2.22. The summed E-state index contributed by atoms with van der Waals surface area (Å²) in [5.74, 6) is 0. The highest BCUT2D eigenvalue weighted by molar-refractivity contribution is 6.31. The van der Waals surface area contributed by atoms with Crippen LogP contribution in [0.5, 0.6) is 0 Å². The molecule has 1 atom stereocenters. The van der Waals surface area contributed by atoms with Crippen LogP contribution in [-0.4, -0.2) is 24.4 Å². The normalized spacial score (nSPS) is 13.8. The summed E-state index contributed by atoms with van der Waals surface area (Å²) in [7, 11) is 0. The van der Waals surface area contributed by atoms with E-state index in [1.54, 1.807) is 24.3 Å². The third-order valence-electron chi connectivity index (χ3n) is 1.93. The first-order valence-electron chi connectivity index (χ1n) is 4.60. The maximum absolute atomic E-state index is 11.8. The van der Waals surface area contributed by atoms with E-state index in [9.17, 15) is 18.3 Å². The second kappa shape index (κ2) is 5.52. The summed E-state index contributed by atoms with van der Waals surface area (Å²) in [6.45, 7) is -1.32. The lowest BCUT2D eigenvalue weighted by Gasteiger charge is -2.14. The summed E-state index contributed by atoms with van der Waals surface area (Å²) in [6, 6.07) is 6.49. The number of alkyl halides is 3. The number of nitrogens with one attached hydrogen (secondary N) is 1. The number of hydrogen-bond donors (Lipinski definition) is 2. The zero-order chi connectivity index (χ0) is 12.2. The van der Waals surface area contributed by atoms with Crippen molar-refractivity contribution in [3.05, 3.63) is 34.9 Å². The molecule has 1 rings (SSSR count). The molecule has 2 nitrogen and oxygen atoms in total. The van der Waals surface area contributed by atoms with Gasteiger partial charge in [0.05, 0.1) is 12.6 Å². The fraction of sp³-hybridized carbons (Fsp3) is 0.400. The third kappa shape index (κ3) is 4.38. The van der Waals surface area contributed by atoms with E-state index in [1.807, 2.05) is 0 Å².